The zero-order valence-electron chi connectivity index (χ0n) is 6.90. The van der Waals surface area contributed by atoms with E-state index in [9.17, 15) is 0 Å². The number of nitrogens with zero attached hydrogens (tertiary/aromatic N) is 1. The maximum atomic E-state index is 4.91. The van der Waals surface area contributed by atoms with E-state index < -0.39 is 0 Å². The number of hydrogen-bond acceptors (Lipinski definition) is 1. The molecule has 0 radical (unpaired) electrons. The van der Waals surface area contributed by atoms with E-state index in [2.05, 4.69) is 24.8 Å². The zero-order valence-corrected chi connectivity index (χ0v) is 8.61. The molecule has 0 aliphatic rings. The van der Waals surface area contributed by atoms with Gasteiger partial charge in [-0.3, -0.25) is 0 Å². The summed E-state index contributed by atoms with van der Waals surface area (Å²) in [4.78, 5) is 1.92. The van der Waals surface area contributed by atoms with Crippen LogP contribution < -0.4 is 0 Å². The van der Waals surface area contributed by atoms with Crippen LogP contribution in [0.2, 0.25) is 0 Å². The normalized spacial score (nSPS) is 9.50. The van der Waals surface area contributed by atoms with Crippen LogP contribution in [-0.4, -0.2) is 16.3 Å². The van der Waals surface area contributed by atoms with Gasteiger partial charge in [-0.2, -0.15) is 0 Å². The fourth-order valence-corrected chi connectivity index (χ4v) is 1.06. The topological polar surface area (TPSA) is 3.24 Å². The minimum absolute atomic E-state index is 0.624. The third-order valence-electron chi connectivity index (χ3n) is 1.59. The van der Waals surface area contributed by atoms with Crippen molar-refractivity contribution < 1.29 is 0 Å². The average Bonchev–Trinajstić information content (AvgIpc) is 2.06. The van der Waals surface area contributed by atoms with Gasteiger partial charge in [0.05, 0.1) is 0 Å². The summed E-state index contributed by atoms with van der Waals surface area (Å²) in [6, 6.07) is 10.2. The van der Waals surface area contributed by atoms with Crippen molar-refractivity contribution in [3.05, 3.63) is 35.9 Å². The Bertz CT molecular complexity index is 258. The summed E-state index contributed by atoms with van der Waals surface area (Å²) < 4.78 is 0.624. The minimum atomic E-state index is 0.624. The van der Waals surface area contributed by atoms with Crippen LogP contribution in [0.15, 0.2) is 30.3 Å². The lowest BCUT2D eigenvalue weighted by atomic mass is 10.2. The van der Waals surface area contributed by atoms with Gasteiger partial charge in [-0.15, -0.1) is 12.6 Å². The maximum absolute atomic E-state index is 4.91. The summed E-state index contributed by atoms with van der Waals surface area (Å²) in [5.41, 5.74) is 1.25. The Kier molecular flexibility index (Phi) is 3.56. The first-order chi connectivity index (χ1) is 5.70. The molecule has 0 unspecified atom stereocenters. The number of hydrogen-bond donors (Lipinski definition) is 1. The van der Waals surface area contributed by atoms with Crippen LogP contribution in [-0.2, 0) is 6.54 Å². The summed E-state index contributed by atoms with van der Waals surface area (Å²) in [5, 5.41) is 0. The fraction of sp³-hybridized carbons (Fsp3) is 0.222. The van der Waals surface area contributed by atoms with E-state index in [1.165, 1.54) is 5.56 Å². The van der Waals surface area contributed by atoms with Gasteiger partial charge in [-0.25, -0.2) is 0 Å². The van der Waals surface area contributed by atoms with Crippen LogP contribution in [0.3, 0.4) is 0 Å². The quantitative estimate of drug-likeness (QED) is 0.572. The Morgan fingerprint density at radius 3 is 2.50 bits per heavy atom. The Hall–Kier alpha value is -0.540. The van der Waals surface area contributed by atoms with Crippen LogP contribution in [0.1, 0.15) is 5.56 Å². The van der Waals surface area contributed by atoms with Crippen molar-refractivity contribution in [2.75, 3.05) is 7.05 Å². The fourth-order valence-electron chi connectivity index (χ4n) is 0.925. The van der Waals surface area contributed by atoms with Crippen molar-refractivity contribution in [3.8, 4) is 0 Å². The molecular formula is C9H11NS2. The molecule has 0 aromatic heterocycles. The van der Waals surface area contributed by atoms with Crippen LogP contribution in [0.25, 0.3) is 0 Å². The monoisotopic (exact) mass is 197 g/mol. The Morgan fingerprint density at radius 1 is 1.42 bits per heavy atom. The predicted octanol–water partition coefficient (Wildman–Crippen LogP) is 2.33. The summed E-state index contributed by atoms with van der Waals surface area (Å²) in [6.07, 6.45) is 0. The van der Waals surface area contributed by atoms with Crippen molar-refractivity contribution in [2.45, 2.75) is 6.54 Å². The Morgan fingerprint density at radius 2 is 2.00 bits per heavy atom. The van der Waals surface area contributed by atoms with Crippen molar-refractivity contribution in [2.24, 2.45) is 0 Å². The van der Waals surface area contributed by atoms with Crippen molar-refractivity contribution in [3.63, 3.8) is 0 Å². The van der Waals surface area contributed by atoms with Crippen molar-refractivity contribution in [1.82, 2.24) is 4.90 Å². The van der Waals surface area contributed by atoms with Gasteiger partial charge in [-0.05, 0) is 5.56 Å². The molecule has 0 saturated heterocycles. The first-order valence-corrected chi connectivity index (χ1v) is 4.53. The maximum Gasteiger partial charge on any atom is 0.133 e. The molecule has 0 saturated carbocycles. The molecule has 3 heteroatoms. The van der Waals surface area contributed by atoms with E-state index in [1.54, 1.807) is 0 Å². The SMILES string of the molecule is CN(Cc1ccccc1)C(=S)S. The average molecular weight is 197 g/mol. The summed E-state index contributed by atoms with van der Waals surface area (Å²) in [5.74, 6) is 0. The summed E-state index contributed by atoms with van der Waals surface area (Å²) >= 11 is 8.99. The van der Waals surface area contributed by atoms with Gasteiger partial charge in [0, 0.05) is 13.6 Å². The lowest BCUT2D eigenvalue weighted by Gasteiger charge is -2.15. The highest BCUT2D eigenvalue weighted by Crippen LogP contribution is 2.04. The molecule has 0 atom stereocenters. The molecule has 0 aliphatic heterocycles. The minimum Gasteiger partial charge on any atom is -0.356 e. The molecule has 0 bridgehead atoms. The molecule has 1 aromatic carbocycles. The molecule has 0 aliphatic carbocycles. The van der Waals surface area contributed by atoms with Gasteiger partial charge in [0.15, 0.2) is 0 Å². The molecule has 0 heterocycles. The standard InChI is InChI=1S/C9H11NS2/c1-10(9(11)12)7-8-5-3-2-4-6-8/h2-6H,7H2,1H3,(H,11,12). The molecule has 64 valence electrons. The van der Waals surface area contributed by atoms with E-state index in [-0.39, 0.29) is 0 Å². The van der Waals surface area contributed by atoms with Gasteiger partial charge in [0.2, 0.25) is 0 Å². The zero-order chi connectivity index (χ0) is 8.97. The highest BCUT2D eigenvalue weighted by Gasteiger charge is 1.99. The van der Waals surface area contributed by atoms with E-state index in [4.69, 9.17) is 12.2 Å². The van der Waals surface area contributed by atoms with Crippen molar-refractivity contribution in [1.29, 1.82) is 0 Å². The number of rotatable bonds is 2. The lowest BCUT2D eigenvalue weighted by molar-refractivity contribution is 0.519. The smallest absolute Gasteiger partial charge is 0.133 e. The summed E-state index contributed by atoms with van der Waals surface area (Å²) in [7, 11) is 1.93. The molecular weight excluding hydrogens is 186 g/mol. The van der Waals surface area contributed by atoms with E-state index in [1.807, 2.05) is 30.1 Å². The molecule has 0 N–H and O–H groups in total. The summed E-state index contributed by atoms with van der Waals surface area (Å²) in [6.45, 7) is 0.823. The third-order valence-corrected chi connectivity index (χ3v) is 2.24. The molecule has 1 rings (SSSR count). The van der Waals surface area contributed by atoms with E-state index in [0.29, 0.717) is 4.32 Å². The second-order valence-corrected chi connectivity index (χ2v) is 3.74. The second kappa shape index (κ2) is 4.48. The lowest BCUT2D eigenvalue weighted by Crippen LogP contribution is -2.19. The first kappa shape index (κ1) is 9.55. The molecule has 1 nitrogen and oxygen atoms in total. The van der Waals surface area contributed by atoms with Crippen LogP contribution in [0.5, 0.6) is 0 Å². The van der Waals surface area contributed by atoms with Crippen LogP contribution in [0.4, 0.5) is 0 Å². The van der Waals surface area contributed by atoms with E-state index >= 15 is 0 Å². The highest BCUT2D eigenvalue weighted by atomic mass is 32.1. The van der Waals surface area contributed by atoms with Gasteiger partial charge >= 0.3 is 0 Å². The van der Waals surface area contributed by atoms with Gasteiger partial charge < -0.3 is 4.90 Å². The number of thiocarbonyl (C=S) groups is 1. The predicted molar refractivity (Wildman–Crippen MR) is 59.5 cm³/mol. The third kappa shape index (κ3) is 2.83. The molecule has 0 spiro atoms. The van der Waals surface area contributed by atoms with Crippen LogP contribution in [0, 0.1) is 0 Å². The Labute approximate surface area is 83.8 Å². The van der Waals surface area contributed by atoms with E-state index in [0.717, 1.165) is 6.54 Å². The number of benzene rings is 1. The second-order valence-electron chi connectivity index (χ2n) is 2.62. The van der Waals surface area contributed by atoms with Gasteiger partial charge in [0.1, 0.15) is 4.32 Å². The largest absolute Gasteiger partial charge is 0.356 e. The molecule has 0 amide bonds. The molecule has 0 fully saturated rings. The van der Waals surface area contributed by atoms with Crippen LogP contribution >= 0.6 is 24.8 Å². The number of thiol groups is 1. The molecule has 1 aromatic rings. The molecule has 12 heavy (non-hydrogen) atoms. The Balaban J connectivity index is 2.58. The van der Waals surface area contributed by atoms with Gasteiger partial charge in [0.25, 0.3) is 0 Å². The van der Waals surface area contributed by atoms with Crippen molar-refractivity contribution >= 4 is 29.2 Å². The first-order valence-electron chi connectivity index (χ1n) is 3.68. The highest BCUT2D eigenvalue weighted by molar-refractivity contribution is 8.10. The van der Waals surface area contributed by atoms with Gasteiger partial charge in [-0.1, -0.05) is 42.5 Å².